The minimum Gasteiger partial charge on any atom is -0.373 e. The van der Waals surface area contributed by atoms with Crippen molar-refractivity contribution in [1.29, 1.82) is 0 Å². The Morgan fingerprint density at radius 2 is 1.87 bits per heavy atom. The highest BCUT2D eigenvalue weighted by molar-refractivity contribution is 5.13. The van der Waals surface area contributed by atoms with E-state index in [1.807, 2.05) is 6.07 Å². The molecule has 1 aliphatic rings. The number of hydrogen-bond acceptors (Lipinski definition) is 1. The summed E-state index contributed by atoms with van der Waals surface area (Å²) in [7, 11) is 0. The van der Waals surface area contributed by atoms with Crippen LogP contribution in [0.4, 0.5) is 0 Å². The molecule has 0 bridgehead atoms. The normalized spacial score (nSPS) is 26.5. The Morgan fingerprint density at radius 3 is 2.60 bits per heavy atom. The van der Waals surface area contributed by atoms with Crippen LogP contribution in [0.5, 0.6) is 0 Å². The Labute approximate surface area is 92.5 Å². The summed E-state index contributed by atoms with van der Waals surface area (Å²) < 4.78 is 5.98. The number of rotatable bonds is 3. The molecule has 1 nitrogen and oxygen atoms in total. The molecule has 0 amide bonds. The highest BCUT2D eigenvalue weighted by atomic mass is 16.5. The minimum absolute atomic E-state index is 0.485. The first kappa shape index (κ1) is 10.7. The molecule has 1 aliphatic carbocycles. The van der Waals surface area contributed by atoms with Crippen LogP contribution < -0.4 is 0 Å². The minimum atomic E-state index is 0.485. The molecule has 0 aliphatic heterocycles. The van der Waals surface area contributed by atoms with E-state index in [1.54, 1.807) is 0 Å². The molecule has 2 atom stereocenters. The van der Waals surface area contributed by atoms with Crippen LogP contribution in [0.15, 0.2) is 30.3 Å². The average molecular weight is 204 g/mol. The molecule has 1 fully saturated rings. The van der Waals surface area contributed by atoms with Crippen LogP contribution in [-0.4, -0.2) is 6.10 Å². The van der Waals surface area contributed by atoms with E-state index < -0.39 is 0 Å². The third-order valence-corrected chi connectivity index (χ3v) is 3.34. The lowest BCUT2D eigenvalue weighted by Gasteiger charge is -2.28. The maximum absolute atomic E-state index is 5.98. The van der Waals surface area contributed by atoms with Crippen molar-refractivity contribution >= 4 is 0 Å². The SMILES string of the molecule is C[C@@H]1CCCC[C@@H]1OCc1ccccc1. The largest absolute Gasteiger partial charge is 0.373 e. The fourth-order valence-corrected chi connectivity index (χ4v) is 2.31. The monoisotopic (exact) mass is 204 g/mol. The van der Waals surface area contributed by atoms with Crippen molar-refractivity contribution < 1.29 is 4.74 Å². The summed E-state index contributed by atoms with van der Waals surface area (Å²) in [6.07, 6.45) is 5.78. The van der Waals surface area contributed by atoms with Gasteiger partial charge in [-0.1, -0.05) is 50.1 Å². The van der Waals surface area contributed by atoms with Gasteiger partial charge in [-0.05, 0) is 24.3 Å². The fraction of sp³-hybridized carbons (Fsp3) is 0.571. The van der Waals surface area contributed by atoms with Gasteiger partial charge in [0.1, 0.15) is 0 Å². The topological polar surface area (TPSA) is 9.23 Å². The summed E-state index contributed by atoms with van der Waals surface area (Å²) in [6.45, 7) is 3.09. The van der Waals surface area contributed by atoms with E-state index in [-0.39, 0.29) is 0 Å². The van der Waals surface area contributed by atoms with Crippen LogP contribution in [0, 0.1) is 5.92 Å². The van der Waals surface area contributed by atoms with E-state index in [0.717, 1.165) is 12.5 Å². The van der Waals surface area contributed by atoms with Crippen molar-refractivity contribution in [3.8, 4) is 0 Å². The molecule has 0 N–H and O–H groups in total. The Morgan fingerprint density at radius 1 is 1.13 bits per heavy atom. The van der Waals surface area contributed by atoms with Crippen LogP contribution in [0.2, 0.25) is 0 Å². The van der Waals surface area contributed by atoms with Gasteiger partial charge in [-0.2, -0.15) is 0 Å². The Hall–Kier alpha value is -0.820. The quantitative estimate of drug-likeness (QED) is 0.728. The van der Waals surface area contributed by atoms with E-state index in [1.165, 1.54) is 31.2 Å². The van der Waals surface area contributed by atoms with E-state index in [0.29, 0.717) is 6.10 Å². The van der Waals surface area contributed by atoms with Crippen LogP contribution in [0.3, 0.4) is 0 Å². The molecule has 0 spiro atoms. The van der Waals surface area contributed by atoms with Gasteiger partial charge in [0.2, 0.25) is 0 Å². The van der Waals surface area contributed by atoms with Gasteiger partial charge in [0.05, 0.1) is 12.7 Å². The number of ether oxygens (including phenoxy) is 1. The first-order valence-electron chi connectivity index (χ1n) is 6.02. The zero-order valence-corrected chi connectivity index (χ0v) is 9.49. The highest BCUT2D eigenvalue weighted by Crippen LogP contribution is 2.26. The Bertz CT molecular complexity index is 281. The van der Waals surface area contributed by atoms with E-state index >= 15 is 0 Å². The molecule has 1 aromatic carbocycles. The third-order valence-electron chi connectivity index (χ3n) is 3.34. The van der Waals surface area contributed by atoms with Gasteiger partial charge in [-0.25, -0.2) is 0 Å². The second-order valence-electron chi connectivity index (χ2n) is 4.60. The average Bonchev–Trinajstić information content (AvgIpc) is 2.29. The molecule has 1 aromatic rings. The van der Waals surface area contributed by atoms with E-state index in [4.69, 9.17) is 4.74 Å². The van der Waals surface area contributed by atoms with Gasteiger partial charge in [-0.15, -0.1) is 0 Å². The molecule has 2 rings (SSSR count). The Balaban J connectivity index is 1.82. The smallest absolute Gasteiger partial charge is 0.0720 e. The van der Waals surface area contributed by atoms with Crippen molar-refractivity contribution in [1.82, 2.24) is 0 Å². The van der Waals surface area contributed by atoms with Crippen LogP contribution in [0.25, 0.3) is 0 Å². The van der Waals surface area contributed by atoms with Crippen LogP contribution in [0.1, 0.15) is 38.2 Å². The molecule has 1 heteroatoms. The maximum Gasteiger partial charge on any atom is 0.0720 e. The molecular weight excluding hydrogens is 184 g/mol. The summed E-state index contributed by atoms with van der Waals surface area (Å²) in [5, 5.41) is 0. The standard InChI is InChI=1S/C14H20O/c1-12-7-5-6-10-14(12)15-11-13-8-3-2-4-9-13/h2-4,8-9,12,14H,5-7,10-11H2,1H3/t12-,14+/m1/s1. The van der Waals surface area contributed by atoms with Gasteiger partial charge in [-0.3, -0.25) is 0 Å². The first-order valence-corrected chi connectivity index (χ1v) is 6.02. The van der Waals surface area contributed by atoms with E-state index in [9.17, 15) is 0 Å². The van der Waals surface area contributed by atoms with Crippen molar-refractivity contribution in [2.45, 2.75) is 45.3 Å². The molecule has 15 heavy (non-hydrogen) atoms. The number of hydrogen-bond donors (Lipinski definition) is 0. The maximum atomic E-state index is 5.98. The molecular formula is C14H20O. The van der Waals surface area contributed by atoms with Crippen molar-refractivity contribution in [3.05, 3.63) is 35.9 Å². The molecule has 82 valence electrons. The molecule has 0 heterocycles. The fourth-order valence-electron chi connectivity index (χ4n) is 2.31. The third kappa shape index (κ3) is 3.07. The Kier molecular flexibility index (Phi) is 3.79. The summed E-state index contributed by atoms with van der Waals surface area (Å²) in [5.41, 5.74) is 1.29. The summed E-state index contributed by atoms with van der Waals surface area (Å²) in [4.78, 5) is 0. The zero-order valence-electron chi connectivity index (χ0n) is 9.49. The van der Waals surface area contributed by atoms with Crippen molar-refractivity contribution in [2.75, 3.05) is 0 Å². The zero-order chi connectivity index (χ0) is 10.5. The van der Waals surface area contributed by atoms with Gasteiger partial charge >= 0.3 is 0 Å². The lowest BCUT2D eigenvalue weighted by Crippen LogP contribution is -2.25. The summed E-state index contributed by atoms with van der Waals surface area (Å²) in [5.74, 6) is 0.738. The first-order chi connectivity index (χ1) is 7.36. The second-order valence-corrected chi connectivity index (χ2v) is 4.60. The van der Waals surface area contributed by atoms with Gasteiger partial charge in [0, 0.05) is 0 Å². The van der Waals surface area contributed by atoms with Crippen molar-refractivity contribution in [3.63, 3.8) is 0 Å². The summed E-state index contributed by atoms with van der Waals surface area (Å²) in [6, 6.07) is 10.5. The molecule has 0 aromatic heterocycles. The predicted molar refractivity (Wildman–Crippen MR) is 62.7 cm³/mol. The predicted octanol–water partition coefficient (Wildman–Crippen LogP) is 3.78. The van der Waals surface area contributed by atoms with Crippen LogP contribution >= 0.6 is 0 Å². The van der Waals surface area contributed by atoms with Crippen molar-refractivity contribution in [2.24, 2.45) is 5.92 Å². The second kappa shape index (κ2) is 5.32. The number of benzene rings is 1. The summed E-state index contributed by atoms with van der Waals surface area (Å²) >= 11 is 0. The van der Waals surface area contributed by atoms with Gasteiger partial charge in [0.15, 0.2) is 0 Å². The van der Waals surface area contributed by atoms with Crippen LogP contribution in [-0.2, 0) is 11.3 Å². The highest BCUT2D eigenvalue weighted by Gasteiger charge is 2.21. The lowest BCUT2D eigenvalue weighted by atomic mass is 9.88. The molecule has 0 radical (unpaired) electrons. The lowest BCUT2D eigenvalue weighted by molar-refractivity contribution is -0.0154. The molecule has 1 saturated carbocycles. The molecule has 0 unspecified atom stereocenters. The molecule has 0 saturated heterocycles. The van der Waals surface area contributed by atoms with Gasteiger partial charge < -0.3 is 4.74 Å². The van der Waals surface area contributed by atoms with E-state index in [2.05, 4.69) is 31.2 Å². The van der Waals surface area contributed by atoms with Gasteiger partial charge in [0.25, 0.3) is 0 Å².